The average Bonchev–Trinajstić information content (AvgIpc) is 2.76. The van der Waals surface area contributed by atoms with Gasteiger partial charge >= 0.3 is 41.5 Å². The summed E-state index contributed by atoms with van der Waals surface area (Å²) in [5.41, 5.74) is 0. The van der Waals surface area contributed by atoms with Crippen molar-refractivity contribution in [2.45, 2.75) is 104 Å². The molecule has 0 aromatic rings. The van der Waals surface area contributed by atoms with Crippen LogP contribution in [-0.4, -0.2) is 43.4 Å². The first-order chi connectivity index (χ1) is 15.1. The summed E-state index contributed by atoms with van der Waals surface area (Å²) in [5, 5.41) is 5.57. The van der Waals surface area contributed by atoms with E-state index in [2.05, 4.69) is 13.8 Å². The molecule has 0 aliphatic rings. The first-order valence-corrected chi connectivity index (χ1v) is 13.2. The Hall–Kier alpha value is -0.230. The molecule has 0 aliphatic carbocycles. The van der Waals surface area contributed by atoms with Gasteiger partial charge in [0.25, 0.3) is 0 Å². The first kappa shape index (κ1) is 40.9. The number of rotatable bonds is 16. The Balaban J connectivity index is -0.000000690. The van der Waals surface area contributed by atoms with E-state index in [-0.39, 0.29) is 64.5 Å². The maximum absolute atomic E-state index is 12.1. The Kier molecular flexibility index (Phi) is 31.1. The van der Waals surface area contributed by atoms with Gasteiger partial charge < -0.3 is 14.0 Å². The first-order valence-electron chi connectivity index (χ1n) is 11.7. The molecule has 34 heavy (non-hydrogen) atoms. The zero-order valence-corrected chi connectivity index (χ0v) is 26.4. The second-order valence-corrected chi connectivity index (χ2v) is 9.40. The molecule has 0 fully saturated rings. The Morgan fingerprint density at radius 3 is 1.65 bits per heavy atom. The van der Waals surface area contributed by atoms with Gasteiger partial charge in [-0.05, 0) is 24.7 Å². The third-order valence-electron chi connectivity index (χ3n) is 5.15. The monoisotopic (exact) mass is 533 g/mol. The van der Waals surface area contributed by atoms with Crippen molar-refractivity contribution in [3.05, 3.63) is 0 Å². The van der Waals surface area contributed by atoms with E-state index in [0.29, 0.717) is 6.42 Å². The largest absolute Gasteiger partial charge is 1.00 e. The van der Waals surface area contributed by atoms with Gasteiger partial charge in [-0.2, -0.15) is 15.2 Å². The van der Waals surface area contributed by atoms with E-state index < -0.39 is 33.7 Å². The number of nitrogens with zero attached hydrogens (tertiary/aromatic N) is 1. The van der Waals surface area contributed by atoms with E-state index in [1.165, 1.54) is 0 Å². The molecule has 0 amide bonds. The zero-order valence-electron chi connectivity index (χ0n) is 22.1. The number of carbonyl (C=O) groups is 2. The Morgan fingerprint density at radius 1 is 0.912 bits per heavy atom. The topological polar surface area (TPSA) is 134 Å². The van der Waals surface area contributed by atoms with E-state index in [1.807, 2.05) is 26.8 Å². The number of unbranched alkanes of at least 4 members (excludes halogenated alkanes) is 2. The average molecular weight is 534 g/mol. The van der Waals surface area contributed by atoms with Gasteiger partial charge in [0.05, 0.1) is 25.7 Å². The van der Waals surface area contributed by atoms with Crippen molar-refractivity contribution >= 4 is 32.0 Å². The smallest absolute Gasteiger partial charge is 0.747 e. The van der Waals surface area contributed by atoms with Crippen LogP contribution in [-0.2, 0) is 29.2 Å². The van der Waals surface area contributed by atoms with E-state index in [1.54, 1.807) is 0 Å². The predicted octanol–water partition coefficient (Wildman–Crippen LogP) is 1.79. The summed E-state index contributed by atoms with van der Waals surface area (Å²) in [6, 6.07) is 1.93. The van der Waals surface area contributed by atoms with Gasteiger partial charge in [0.15, 0.2) is 5.25 Å². The van der Waals surface area contributed by atoms with Crippen LogP contribution in [0.1, 0.15) is 98.8 Å². The van der Waals surface area contributed by atoms with Crippen molar-refractivity contribution in [2.75, 3.05) is 13.2 Å². The molecule has 0 radical (unpaired) electrons. The molecule has 0 saturated carbocycles. The van der Waals surface area contributed by atoms with Crippen molar-refractivity contribution in [1.29, 1.82) is 5.26 Å². The number of esters is 2. The quantitative estimate of drug-likeness (QED) is 0.127. The van der Waals surface area contributed by atoms with Gasteiger partial charge in [-0.25, -0.2) is 8.42 Å². The van der Waals surface area contributed by atoms with E-state index >= 15 is 0 Å². The molecule has 0 aromatic carbocycles. The molecular formula is C23H45NNaO7PS. The van der Waals surface area contributed by atoms with Crippen LogP contribution in [0.4, 0.5) is 0 Å². The van der Waals surface area contributed by atoms with Crippen LogP contribution in [0.25, 0.3) is 0 Å². The minimum absolute atomic E-state index is 0. The maximum Gasteiger partial charge on any atom is 1.00 e. The molecule has 4 atom stereocenters. The minimum Gasteiger partial charge on any atom is -0.747 e. The summed E-state index contributed by atoms with van der Waals surface area (Å²) >= 11 is 0. The molecule has 0 bridgehead atoms. The molecule has 4 unspecified atom stereocenters. The van der Waals surface area contributed by atoms with Crippen molar-refractivity contribution in [1.82, 2.24) is 0 Å². The van der Waals surface area contributed by atoms with Gasteiger partial charge in [-0.1, -0.05) is 73.1 Å². The number of nitriles is 1. The molecule has 0 aromatic heterocycles. The molecule has 0 heterocycles. The normalized spacial score (nSPS) is 12.9. The molecule has 0 spiro atoms. The molecule has 196 valence electrons. The molecule has 0 saturated heterocycles. The molecular weight excluding hydrogens is 488 g/mol. The van der Waals surface area contributed by atoms with Crippen molar-refractivity contribution in [3.63, 3.8) is 0 Å². The van der Waals surface area contributed by atoms with Crippen LogP contribution < -0.4 is 29.6 Å². The summed E-state index contributed by atoms with van der Waals surface area (Å²) in [6.07, 6.45) is 7.21. The second kappa shape index (κ2) is 25.9. The Bertz CT molecular complexity index is 656. The molecule has 0 aliphatic heterocycles. The molecule has 0 N–H and O–H groups in total. The van der Waals surface area contributed by atoms with E-state index in [0.717, 1.165) is 51.4 Å². The zero-order chi connectivity index (χ0) is 25.0. The van der Waals surface area contributed by atoms with E-state index in [9.17, 15) is 22.6 Å². The maximum atomic E-state index is 12.1. The van der Waals surface area contributed by atoms with Gasteiger partial charge in [0, 0.05) is 6.42 Å². The number of ether oxygens (including phenoxy) is 2. The van der Waals surface area contributed by atoms with Crippen molar-refractivity contribution < 1.29 is 61.6 Å². The van der Waals surface area contributed by atoms with Crippen LogP contribution in [0.3, 0.4) is 0 Å². The molecule has 11 heteroatoms. The standard InChI is InChI=1S/C20H38O7S.C3H5N.Na.H3P/c1-5-9-11-16(7-3)14-26-19(21)13-18(28(23,24)25)20(22)27-15-17(8-4)12-10-6-2;1-2-3-4;;/h16-18H,5-15H2,1-4H3,(H,23,24,25);2H2,1H3;;1H3/q;;+1;/p-1. The number of hydrogen-bond donors (Lipinski definition) is 0. The number of hydrogen-bond acceptors (Lipinski definition) is 8. The summed E-state index contributed by atoms with van der Waals surface area (Å²) in [5.74, 6) is -1.74. The number of carbonyl (C=O) groups excluding carboxylic acids is 2. The van der Waals surface area contributed by atoms with Crippen molar-refractivity contribution in [3.8, 4) is 6.07 Å². The molecule has 8 nitrogen and oxygen atoms in total. The third-order valence-corrected chi connectivity index (χ3v) is 6.21. The fraction of sp³-hybridized carbons (Fsp3) is 0.870. The fourth-order valence-electron chi connectivity index (χ4n) is 2.81. The minimum atomic E-state index is -5.01. The van der Waals surface area contributed by atoms with Crippen molar-refractivity contribution in [2.24, 2.45) is 11.8 Å². The van der Waals surface area contributed by atoms with Gasteiger partial charge in [0.1, 0.15) is 10.1 Å². The van der Waals surface area contributed by atoms with Crippen LogP contribution >= 0.6 is 9.90 Å². The predicted molar refractivity (Wildman–Crippen MR) is 134 cm³/mol. The fourth-order valence-corrected chi connectivity index (χ4v) is 3.46. The third kappa shape index (κ3) is 22.2. The van der Waals surface area contributed by atoms with Crippen LogP contribution in [0.15, 0.2) is 0 Å². The summed E-state index contributed by atoms with van der Waals surface area (Å²) in [6.45, 7) is 10.1. The van der Waals surface area contributed by atoms with Crippen LogP contribution in [0.2, 0.25) is 0 Å². The molecule has 0 rings (SSSR count). The van der Waals surface area contributed by atoms with Crippen LogP contribution in [0, 0.1) is 23.2 Å². The Morgan fingerprint density at radius 2 is 1.32 bits per heavy atom. The van der Waals surface area contributed by atoms with Gasteiger partial charge in [-0.3, -0.25) is 9.59 Å². The van der Waals surface area contributed by atoms with Gasteiger partial charge in [0.2, 0.25) is 0 Å². The SMILES string of the molecule is CCC#N.CCCCC(CC)COC(=O)CC(C(=O)OCC(CC)CCCC)S(=O)(=O)[O-].P.[Na+]. The van der Waals surface area contributed by atoms with Gasteiger partial charge in [-0.15, -0.1) is 0 Å². The summed E-state index contributed by atoms with van der Waals surface area (Å²) in [4.78, 5) is 24.1. The summed E-state index contributed by atoms with van der Waals surface area (Å²) < 4.78 is 44.6. The van der Waals surface area contributed by atoms with E-state index in [4.69, 9.17) is 14.7 Å². The summed E-state index contributed by atoms with van der Waals surface area (Å²) in [7, 11) is -5.01. The van der Waals surface area contributed by atoms with Crippen LogP contribution in [0.5, 0.6) is 0 Å². The Labute approximate surface area is 233 Å². The second-order valence-electron chi connectivity index (χ2n) is 7.84.